The summed E-state index contributed by atoms with van der Waals surface area (Å²) in [5, 5.41) is 2.69. The van der Waals surface area contributed by atoms with Crippen molar-refractivity contribution in [2.45, 2.75) is 39.5 Å². The van der Waals surface area contributed by atoms with Crippen LogP contribution in [0.1, 0.15) is 39.5 Å². The molecule has 0 fully saturated rings. The molecule has 1 aromatic heterocycles. The normalized spacial score (nSPS) is 11.2. The second-order valence-electron chi connectivity index (χ2n) is 8.58. The minimum atomic E-state index is -0.888. The van der Waals surface area contributed by atoms with E-state index >= 15 is 0 Å². The summed E-state index contributed by atoms with van der Waals surface area (Å²) in [6.07, 6.45) is 2.57. The van der Waals surface area contributed by atoms with Gasteiger partial charge in [0.15, 0.2) is 11.5 Å². The van der Waals surface area contributed by atoms with Gasteiger partial charge in [0.05, 0.1) is 25.4 Å². The van der Waals surface area contributed by atoms with Gasteiger partial charge in [0.1, 0.15) is 11.3 Å². The summed E-state index contributed by atoms with van der Waals surface area (Å²) in [5.41, 5.74) is 2.09. The molecule has 0 saturated carbocycles. The lowest BCUT2D eigenvalue weighted by Gasteiger charge is -2.14. The Kier molecular flexibility index (Phi) is 9.01. The third-order valence-corrected chi connectivity index (χ3v) is 6.20. The molecule has 37 heavy (non-hydrogen) atoms. The number of carbonyl (C=O) groups is 2. The van der Waals surface area contributed by atoms with E-state index in [2.05, 4.69) is 4.98 Å². The molecule has 8 heteroatoms. The highest BCUT2D eigenvalue weighted by Crippen LogP contribution is 2.36. The zero-order valence-electron chi connectivity index (χ0n) is 21.0. The first kappa shape index (κ1) is 26.5. The smallest absolute Gasteiger partial charge is 0.320 e. The van der Waals surface area contributed by atoms with Crippen molar-refractivity contribution in [1.82, 2.24) is 4.98 Å². The number of aromatic nitrogens is 1. The number of benzene rings is 3. The summed E-state index contributed by atoms with van der Waals surface area (Å²) in [7, 11) is 0. The van der Waals surface area contributed by atoms with E-state index in [1.807, 2.05) is 36.4 Å². The molecule has 4 rings (SSSR count). The number of carbonyl (C=O) groups excluding carboxylic acids is 2. The maximum absolute atomic E-state index is 12.2. The number of oxazole rings is 1. The van der Waals surface area contributed by atoms with Gasteiger partial charge in [-0.2, -0.15) is 0 Å². The van der Waals surface area contributed by atoms with E-state index in [1.165, 1.54) is 0 Å². The first-order valence-electron chi connectivity index (χ1n) is 12.6. The topological polar surface area (TPSA) is 87.9 Å². The van der Waals surface area contributed by atoms with Crippen molar-refractivity contribution >= 4 is 45.4 Å². The van der Waals surface area contributed by atoms with Crippen LogP contribution in [0.4, 0.5) is 0 Å². The molecule has 0 atom stereocenters. The van der Waals surface area contributed by atoms with Crippen molar-refractivity contribution in [3.63, 3.8) is 0 Å². The van der Waals surface area contributed by atoms with Gasteiger partial charge < -0.3 is 18.6 Å². The van der Waals surface area contributed by atoms with Crippen LogP contribution in [-0.4, -0.2) is 36.7 Å². The van der Waals surface area contributed by atoms with Crippen LogP contribution >= 0.6 is 11.6 Å². The molecule has 0 spiro atoms. The van der Waals surface area contributed by atoms with Crippen LogP contribution in [0.3, 0.4) is 0 Å². The average molecular weight is 524 g/mol. The minimum Gasteiger partial charge on any atom is -0.493 e. The lowest BCUT2D eigenvalue weighted by molar-refractivity contribution is -0.161. The fourth-order valence-corrected chi connectivity index (χ4v) is 4.32. The second kappa shape index (κ2) is 12.6. The molecule has 194 valence electrons. The van der Waals surface area contributed by atoms with E-state index < -0.39 is 17.9 Å². The van der Waals surface area contributed by atoms with E-state index in [0.29, 0.717) is 47.2 Å². The zero-order chi connectivity index (χ0) is 26.2. The first-order valence-corrected chi connectivity index (χ1v) is 12.9. The van der Waals surface area contributed by atoms with Gasteiger partial charge in [-0.15, -0.1) is 0 Å². The van der Waals surface area contributed by atoms with Crippen molar-refractivity contribution in [3.05, 3.63) is 59.6 Å². The standard InChI is InChI=1S/C29H30ClNO6/c1-3-34-28(32)22(29(33)35-4-2)12-6-5-9-15-36-26-17-20-11-8-7-10-19(20)16-23(26)27-31-24-18-21(30)13-14-25(24)37-27/h7-8,10-11,13-14,16-18,22H,3-6,9,12,15H2,1-2H3. The predicted molar refractivity (Wildman–Crippen MR) is 143 cm³/mol. The van der Waals surface area contributed by atoms with Gasteiger partial charge >= 0.3 is 11.9 Å². The maximum Gasteiger partial charge on any atom is 0.320 e. The van der Waals surface area contributed by atoms with Crippen LogP contribution in [0.5, 0.6) is 5.75 Å². The monoisotopic (exact) mass is 523 g/mol. The third kappa shape index (κ3) is 6.60. The molecule has 3 aromatic carbocycles. The number of rotatable bonds is 12. The Hall–Kier alpha value is -3.58. The molecule has 7 nitrogen and oxygen atoms in total. The molecule has 4 aromatic rings. The van der Waals surface area contributed by atoms with E-state index in [4.69, 9.17) is 30.2 Å². The Morgan fingerprint density at radius 1 is 0.919 bits per heavy atom. The summed E-state index contributed by atoms with van der Waals surface area (Å²) >= 11 is 6.12. The van der Waals surface area contributed by atoms with Gasteiger partial charge in [0.25, 0.3) is 0 Å². The molecule has 0 unspecified atom stereocenters. The maximum atomic E-state index is 12.2. The lowest BCUT2D eigenvalue weighted by Crippen LogP contribution is -2.28. The summed E-state index contributed by atoms with van der Waals surface area (Å²) in [5.74, 6) is -0.812. The van der Waals surface area contributed by atoms with E-state index in [0.717, 1.165) is 29.2 Å². The molecule has 0 aliphatic rings. The van der Waals surface area contributed by atoms with Crippen molar-refractivity contribution in [2.24, 2.45) is 5.92 Å². The van der Waals surface area contributed by atoms with Crippen molar-refractivity contribution in [2.75, 3.05) is 19.8 Å². The summed E-state index contributed by atoms with van der Waals surface area (Å²) in [6.45, 7) is 4.34. The molecule has 0 bridgehead atoms. The fourth-order valence-electron chi connectivity index (χ4n) is 4.15. The van der Waals surface area contributed by atoms with Gasteiger partial charge in [0, 0.05) is 5.02 Å². The molecule has 1 heterocycles. The Morgan fingerprint density at radius 2 is 1.62 bits per heavy atom. The molecule has 0 N–H and O–H groups in total. The van der Waals surface area contributed by atoms with Crippen LogP contribution in [0.15, 0.2) is 59.0 Å². The van der Waals surface area contributed by atoms with Crippen LogP contribution in [-0.2, 0) is 19.1 Å². The number of hydrogen-bond acceptors (Lipinski definition) is 7. The van der Waals surface area contributed by atoms with Crippen molar-refractivity contribution < 1.29 is 28.2 Å². The zero-order valence-corrected chi connectivity index (χ0v) is 21.8. The predicted octanol–water partition coefficient (Wildman–Crippen LogP) is 6.98. The lowest BCUT2D eigenvalue weighted by atomic mass is 10.0. The van der Waals surface area contributed by atoms with Crippen LogP contribution in [0.2, 0.25) is 5.02 Å². The number of nitrogens with zero attached hydrogens (tertiary/aromatic N) is 1. The highest BCUT2D eigenvalue weighted by Gasteiger charge is 2.28. The van der Waals surface area contributed by atoms with E-state index in [9.17, 15) is 9.59 Å². The average Bonchev–Trinajstić information content (AvgIpc) is 3.31. The molecular weight excluding hydrogens is 494 g/mol. The molecule has 0 radical (unpaired) electrons. The quantitative estimate of drug-likeness (QED) is 0.112. The van der Waals surface area contributed by atoms with Gasteiger partial charge in [-0.3, -0.25) is 9.59 Å². The van der Waals surface area contributed by atoms with Crippen molar-refractivity contribution in [3.8, 4) is 17.2 Å². The summed E-state index contributed by atoms with van der Waals surface area (Å²) < 4.78 is 22.3. The Balaban J connectivity index is 1.42. The highest BCUT2D eigenvalue weighted by atomic mass is 35.5. The molecule has 0 aliphatic carbocycles. The minimum absolute atomic E-state index is 0.226. The molecule has 0 saturated heterocycles. The number of unbranched alkanes of at least 4 members (excludes halogenated alkanes) is 2. The Labute approximate surface area is 220 Å². The molecular formula is C29H30ClNO6. The number of ether oxygens (including phenoxy) is 3. The first-order chi connectivity index (χ1) is 18.0. The van der Waals surface area contributed by atoms with Crippen molar-refractivity contribution in [1.29, 1.82) is 0 Å². The third-order valence-electron chi connectivity index (χ3n) is 5.96. The molecule has 0 amide bonds. The van der Waals surface area contributed by atoms with Gasteiger partial charge in [-0.05, 0) is 67.8 Å². The van der Waals surface area contributed by atoms with Gasteiger partial charge in [-0.25, -0.2) is 4.98 Å². The number of fused-ring (bicyclic) bond motifs is 2. The van der Waals surface area contributed by atoms with Gasteiger partial charge in [0.2, 0.25) is 5.89 Å². The van der Waals surface area contributed by atoms with E-state index in [-0.39, 0.29) is 13.2 Å². The number of esters is 2. The second-order valence-corrected chi connectivity index (χ2v) is 9.02. The Morgan fingerprint density at radius 3 is 2.32 bits per heavy atom. The van der Waals surface area contributed by atoms with Gasteiger partial charge in [-0.1, -0.05) is 48.7 Å². The van der Waals surface area contributed by atoms with Crippen LogP contribution < -0.4 is 4.74 Å². The highest BCUT2D eigenvalue weighted by molar-refractivity contribution is 6.31. The Bertz CT molecular complexity index is 1360. The summed E-state index contributed by atoms with van der Waals surface area (Å²) in [4.78, 5) is 28.9. The largest absolute Gasteiger partial charge is 0.493 e. The summed E-state index contributed by atoms with van der Waals surface area (Å²) in [6, 6.07) is 17.4. The molecule has 0 aliphatic heterocycles. The van der Waals surface area contributed by atoms with E-state index in [1.54, 1.807) is 32.0 Å². The number of halogens is 1. The number of hydrogen-bond donors (Lipinski definition) is 0. The van der Waals surface area contributed by atoms with Crippen LogP contribution in [0, 0.1) is 5.92 Å². The fraction of sp³-hybridized carbons (Fsp3) is 0.345. The SMILES string of the molecule is CCOC(=O)C(CCCCCOc1cc2ccccc2cc1-c1nc2cc(Cl)ccc2o1)C(=O)OCC. The van der Waals surface area contributed by atoms with Crippen LogP contribution in [0.25, 0.3) is 33.3 Å².